The molecule has 0 radical (unpaired) electrons. The maximum Gasteiger partial charge on any atom is 0.0738 e. The molecule has 1 aliphatic rings. The fourth-order valence-electron chi connectivity index (χ4n) is 2.41. The molecular formula is C11H17BrN2O. The second-order valence-corrected chi connectivity index (χ2v) is 5.23. The molecular weight excluding hydrogens is 256 g/mol. The molecule has 2 atom stereocenters. The summed E-state index contributed by atoms with van der Waals surface area (Å²) >= 11 is 3.56. The second kappa shape index (κ2) is 4.26. The highest BCUT2D eigenvalue weighted by Gasteiger charge is 2.27. The monoisotopic (exact) mass is 272 g/mol. The second-order valence-electron chi connectivity index (χ2n) is 4.43. The van der Waals surface area contributed by atoms with Crippen molar-refractivity contribution < 1.29 is 5.11 Å². The van der Waals surface area contributed by atoms with E-state index in [1.807, 2.05) is 18.7 Å². The molecule has 0 aliphatic heterocycles. The molecule has 84 valence electrons. The Hall–Kier alpha value is -0.350. The lowest BCUT2D eigenvalue weighted by molar-refractivity contribution is 0.131. The Morgan fingerprint density at radius 3 is 2.73 bits per heavy atom. The summed E-state index contributed by atoms with van der Waals surface area (Å²) in [5.74, 6) is 0.413. The van der Waals surface area contributed by atoms with Crippen LogP contribution in [0.1, 0.15) is 30.7 Å². The van der Waals surface area contributed by atoms with Gasteiger partial charge in [0.1, 0.15) is 0 Å². The Balaban J connectivity index is 2.16. The van der Waals surface area contributed by atoms with Gasteiger partial charge >= 0.3 is 0 Å². The quantitative estimate of drug-likeness (QED) is 0.897. The summed E-state index contributed by atoms with van der Waals surface area (Å²) in [6.07, 6.45) is 4.06. The zero-order valence-corrected chi connectivity index (χ0v) is 10.8. The van der Waals surface area contributed by atoms with E-state index < -0.39 is 0 Å². The van der Waals surface area contributed by atoms with E-state index in [0.29, 0.717) is 5.92 Å². The lowest BCUT2D eigenvalue weighted by Gasteiger charge is -2.14. The summed E-state index contributed by atoms with van der Waals surface area (Å²) in [5, 5.41) is 14.2. The van der Waals surface area contributed by atoms with Crippen LogP contribution < -0.4 is 0 Å². The third kappa shape index (κ3) is 2.11. The van der Waals surface area contributed by atoms with Crippen LogP contribution in [0.25, 0.3) is 0 Å². The SMILES string of the molecule is Cc1nn(C)c(CC2CCCC2O)c1Br. The molecule has 1 heterocycles. The Morgan fingerprint density at radius 2 is 2.27 bits per heavy atom. The van der Waals surface area contributed by atoms with E-state index in [9.17, 15) is 5.11 Å². The van der Waals surface area contributed by atoms with E-state index in [2.05, 4.69) is 21.0 Å². The Kier molecular flexibility index (Phi) is 3.16. The first-order valence-corrected chi connectivity index (χ1v) is 6.25. The smallest absolute Gasteiger partial charge is 0.0738 e. The highest BCUT2D eigenvalue weighted by Crippen LogP contribution is 2.31. The van der Waals surface area contributed by atoms with Crippen molar-refractivity contribution in [3.05, 3.63) is 15.9 Å². The number of aryl methyl sites for hydroxylation is 2. The number of aliphatic hydroxyl groups excluding tert-OH is 1. The van der Waals surface area contributed by atoms with Crippen LogP contribution in [0.2, 0.25) is 0 Å². The fraction of sp³-hybridized carbons (Fsp3) is 0.727. The molecule has 0 amide bonds. The van der Waals surface area contributed by atoms with Gasteiger partial charge in [0.05, 0.1) is 22.0 Å². The van der Waals surface area contributed by atoms with Gasteiger partial charge in [0.15, 0.2) is 0 Å². The van der Waals surface area contributed by atoms with Crippen molar-refractivity contribution in [3.63, 3.8) is 0 Å². The van der Waals surface area contributed by atoms with Crippen LogP contribution in [0.15, 0.2) is 4.47 Å². The third-order valence-electron chi connectivity index (χ3n) is 3.34. The molecule has 1 aromatic rings. The van der Waals surface area contributed by atoms with Gasteiger partial charge in [0, 0.05) is 7.05 Å². The van der Waals surface area contributed by atoms with Crippen LogP contribution >= 0.6 is 15.9 Å². The molecule has 1 fully saturated rings. The molecule has 1 aromatic heterocycles. The Morgan fingerprint density at radius 1 is 1.53 bits per heavy atom. The molecule has 3 nitrogen and oxygen atoms in total. The number of halogens is 1. The van der Waals surface area contributed by atoms with Gasteiger partial charge in [-0.15, -0.1) is 0 Å². The normalized spacial score (nSPS) is 26.1. The summed E-state index contributed by atoms with van der Waals surface area (Å²) in [7, 11) is 1.97. The summed E-state index contributed by atoms with van der Waals surface area (Å²) in [6.45, 7) is 2.00. The standard InChI is InChI=1S/C11H17BrN2O/c1-7-11(12)9(14(2)13-7)6-8-4-3-5-10(8)15/h8,10,15H,3-6H2,1-2H3. The van der Waals surface area contributed by atoms with Gasteiger partial charge in [-0.3, -0.25) is 4.68 Å². The number of hydrogen-bond donors (Lipinski definition) is 1. The molecule has 1 aliphatic carbocycles. The van der Waals surface area contributed by atoms with Crippen molar-refractivity contribution in [2.45, 2.75) is 38.7 Å². The number of aromatic nitrogens is 2. The van der Waals surface area contributed by atoms with Crippen LogP contribution in [0.3, 0.4) is 0 Å². The highest BCUT2D eigenvalue weighted by molar-refractivity contribution is 9.10. The highest BCUT2D eigenvalue weighted by atomic mass is 79.9. The predicted octanol–water partition coefficient (Wildman–Crippen LogP) is 2.19. The van der Waals surface area contributed by atoms with Gasteiger partial charge in [-0.1, -0.05) is 6.42 Å². The third-order valence-corrected chi connectivity index (χ3v) is 4.37. The average molecular weight is 273 g/mol. The van der Waals surface area contributed by atoms with Crippen LogP contribution in [0.5, 0.6) is 0 Å². The lowest BCUT2D eigenvalue weighted by Crippen LogP contribution is -2.17. The molecule has 4 heteroatoms. The molecule has 1 N–H and O–H groups in total. The Labute approximate surface area is 98.6 Å². The van der Waals surface area contributed by atoms with Crippen molar-refractivity contribution >= 4 is 15.9 Å². The maximum absolute atomic E-state index is 9.79. The summed E-state index contributed by atoms with van der Waals surface area (Å²) in [4.78, 5) is 0. The van der Waals surface area contributed by atoms with Crippen molar-refractivity contribution in [3.8, 4) is 0 Å². The van der Waals surface area contributed by atoms with Crippen molar-refractivity contribution in [2.75, 3.05) is 0 Å². The van der Waals surface area contributed by atoms with E-state index >= 15 is 0 Å². The molecule has 0 saturated heterocycles. The van der Waals surface area contributed by atoms with Crippen molar-refractivity contribution in [1.29, 1.82) is 0 Å². The van der Waals surface area contributed by atoms with E-state index in [4.69, 9.17) is 0 Å². The van der Waals surface area contributed by atoms with Gasteiger partial charge in [0.2, 0.25) is 0 Å². The molecule has 15 heavy (non-hydrogen) atoms. The zero-order valence-electron chi connectivity index (χ0n) is 9.20. The summed E-state index contributed by atoms with van der Waals surface area (Å²) in [5.41, 5.74) is 2.23. The molecule has 2 unspecified atom stereocenters. The number of aliphatic hydroxyl groups is 1. The van der Waals surface area contributed by atoms with Gasteiger partial charge < -0.3 is 5.11 Å². The van der Waals surface area contributed by atoms with E-state index in [-0.39, 0.29) is 6.10 Å². The summed E-state index contributed by atoms with van der Waals surface area (Å²) < 4.78 is 3.02. The van der Waals surface area contributed by atoms with Crippen molar-refractivity contribution in [1.82, 2.24) is 9.78 Å². The summed E-state index contributed by atoms with van der Waals surface area (Å²) in [6, 6.07) is 0. The van der Waals surface area contributed by atoms with Crippen molar-refractivity contribution in [2.24, 2.45) is 13.0 Å². The lowest BCUT2D eigenvalue weighted by atomic mass is 9.99. The number of rotatable bonds is 2. The molecule has 0 spiro atoms. The molecule has 2 rings (SSSR count). The van der Waals surface area contributed by atoms with E-state index in [1.54, 1.807) is 0 Å². The maximum atomic E-state index is 9.79. The predicted molar refractivity (Wildman–Crippen MR) is 62.7 cm³/mol. The van der Waals surface area contributed by atoms with Crippen LogP contribution in [-0.2, 0) is 13.5 Å². The topological polar surface area (TPSA) is 38.0 Å². The number of hydrogen-bond acceptors (Lipinski definition) is 2. The Bertz CT molecular complexity index is 362. The number of nitrogens with zero attached hydrogens (tertiary/aromatic N) is 2. The first-order valence-electron chi connectivity index (χ1n) is 5.45. The van der Waals surface area contributed by atoms with Gasteiger partial charge in [-0.2, -0.15) is 5.10 Å². The first-order chi connectivity index (χ1) is 7.09. The minimum absolute atomic E-state index is 0.118. The van der Waals surface area contributed by atoms with Crippen LogP contribution in [0.4, 0.5) is 0 Å². The largest absolute Gasteiger partial charge is 0.393 e. The van der Waals surface area contributed by atoms with Gasteiger partial charge in [-0.05, 0) is 48.0 Å². The van der Waals surface area contributed by atoms with Crippen LogP contribution in [0, 0.1) is 12.8 Å². The van der Waals surface area contributed by atoms with E-state index in [1.165, 1.54) is 5.69 Å². The van der Waals surface area contributed by atoms with Gasteiger partial charge in [-0.25, -0.2) is 0 Å². The molecule has 0 aromatic carbocycles. The van der Waals surface area contributed by atoms with Crippen LogP contribution in [-0.4, -0.2) is 21.0 Å². The van der Waals surface area contributed by atoms with E-state index in [0.717, 1.165) is 35.8 Å². The zero-order chi connectivity index (χ0) is 11.0. The fourth-order valence-corrected chi connectivity index (χ4v) is 2.90. The molecule has 1 saturated carbocycles. The first kappa shape index (κ1) is 11.1. The van der Waals surface area contributed by atoms with Gasteiger partial charge in [0.25, 0.3) is 0 Å². The minimum Gasteiger partial charge on any atom is -0.393 e. The minimum atomic E-state index is -0.118. The average Bonchev–Trinajstić information content (AvgIpc) is 2.67. The molecule has 0 bridgehead atoms.